The minimum absolute atomic E-state index is 0. The van der Waals surface area contributed by atoms with Gasteiger partial charge in [-0.1, -0.05) is 36.7 Å². The van der Waals surface area contributed by atoms with Crippen LogP contribution >= 0.6 is 0 Å². The summed E-state index contributed by atoms with van der Waals surface area (Å²) in [5.74, 6) is 0. The van der Waals surface area contributed by atoms with Gasteiger partial charge in [-0.3, -0.25) is 0 Å². The molecule has 0 aliphatic carbocycles. The number of hydrogen-bond donors (Lipinski definition) is 0. The molecule has 0 radical (unpaired) electrons. The summed E-state index contributed by atoms with van der Waals surface area (Å²) in [6.45, 7) is 5.57. The van der Waals surface area contributed by atoms with Crippen molar-refractivity contribution >= 4 is 6.47 Å². The van der Waals surface area contributed by atoms with Crippen molar-refractivity contribution in [1.82, 2.24) is 0 Å². The third kappa shape index (κ3) is 51.9. The fourth-order valence-corrected chi connectivity index (χ4v) is 1.08. The van der Waals surface area contributed by atoms with Crippen LogP contribution in [0.3, 0.4) is 0 Å². The van der Waals surface area contributed by atoms with Crippen LogP contribution in [-0.2, 0) is 51.7 Å². The standard InChI is InChI=1S/C7H14N6O2.C4H6N3O2.2CH4.2CH3.Y/c1-7(15-5-3-11-13-9)6-14-4-2-10-12-8;5-7-6-2-1-3-9-4-8;;;;;/h7H,2-6H2,1H3;1-3H2;2*1H4;2*1H3;/q;-1;;;2*-1;+3. The second kappa shape index (κ2) is 45.3. The molecule has 0 fully saturated rings. The van der Waals surface area contributed by atoms with Crippen molar-refractivity contribution in [2.24, 2.45) is 15.3 Å². The van der Waals surface area contributed by atoms with E-state index in [2.05, 4.69) is 34.8 Å². The van der Waals surface area contributed by atoms with Crippen LogP contribution in [0.5, 0.6) is 0 Å². The van der Waals surface area contributed by atoms with Crippen molar-refractivity contribution in [2.45, 2.75) is 34.3 Å². The maximum atomic E-state index is 9.39. The van der Waals surface area contributed by atoms with E-state index < -0.39 is 0 Å². The van der Waals surface area contributed by atoms with E-state index in [1.807, 2.05) is 6.92 Å². The van der Waals surface area contributed by atoms with Gasteiger partial charge in [0.05, 0.1) is 25.9 Å². The molecular weight excluding hydrogens is 459 g/mol. The fourth-order valence-electron chi connectivity index (χ4n) is 1.08. The number of carbonyl (C=O) groups excluding carboxylic acids is 1. The Balaban J connectivity index is -0.0000000616. The summed E-state index contributed by atoms with van der Waals surface area (Å²) in [6.07, 6.45) is 0.490. The maximum absolute atomic E-state index is 9.39. The van der Waals surface area contributed by atoms with Crippen molar-refractivity contribution < 1.29 is 51.7 Å². The van der Waals surface area contributed by atoms with Crippen LogP contribution in [0.25, 0.3) is 31.3 Å². The van der Waals surface area contributed by atoms with E-state index in [0.29, 0.717) is 45.9 Å². The quantitative estimate of drug-likeness (QED) is 0.108. The normalized spacial score (nSPS) is 8.17. The van der Waals surface area contributed by atoms with E-state index in [9.17, 15) is 4.79 Å². The second-order valence-electron chi connectivity index (χ2n) is 3.91. The predicted octanol–water partition coefficient (Wildman–Crippen LogP) is 4.97. The topological polar surface area (TPSA) is 191 Å². The molecule has 0 aliphatic rings. The minimum Gasteiger partial charge on any atom is -0.653 e. The van der Waals surface area contributed by atoms with Crippen molar-refractivity contribution in [3.8, 4) is 0 Å². The summed E-state index contributed by atoms with van der Waals surface area (Å²) in [6, 6.07) is 0. The van der Waals surface area contributed by atoms with Gasteiger partial charge in [-0.25, -0.2) is 0 Å². The van der Waals surface area contributed by atoms with Crippen molar-refractivity contribution in [3.05, 3.63) is 46.2 Å². The minimum atomic E-state index is -0.0649. The molecule has 0 amide bonds. The van der Waals surface area contributed by atoms with E-state index in [1.54, 1.807) is 0 Å². The van der Waals surface area contributed by atoms with Gasteiger partial charge in [0.25, 0.3) is 0 Å². The van der Waals surface area contributed by atoms with Crippen molar-refractivity contribution in [1.29, 1.82) is 0 Å². The molecule has 0 saturated carbocycles. The van der Waals surface area contributed by atoms with Crippen LogP contribution in [0, 0.1) is 14.9 Å². The summed E-state index contributed by atoms with van der Waals surface area (Å²) in [7, 11) is 0. The van der Waals surface area contributed by atoms with E-state index in [0.717, 1.165) is 0 Å². The van der Waals surface area contributed by atoms with Crippen LogP contribution in [-0.4, -0.2) is 58.6 Å². The largest absolute Gasteiger partial charge is 3.00 e. The first-order valence-corrected chi connectivity index (χ1v) is 6.93. The van der Waals surface area contributed by atoms with Crippen LogP contribution < -0.4 is 0 Å². The Bertz CT molecular complexity index is 453. The number of hydrogen-bond acceptors (Lipinski definition) is 7. The summed E-state index contributed by atoms with van der Waals surface area (Å²) >= 11 is 0. The van der Waals surface area contributed by atoms with Gasteiger partial charge in [-0.05, 0) is 29.9 Å². The first-order chi connectivity index (χ1) is 11.7. The van der Waals surface area contributed by atoms with Crippen molar-refractivity contribution in [3.63, 3.8) is 0 Å². The zero-order valence-corrected chi connectivity index (χ0v) is 18.8. The zero-order chi connectivity index (χ0) is 18.3. The van der Waals surface area contributed by atoms with Gasteiger partial charge in [-0.15, -0.1) is 0 Å². The summed E-state index contributed by atoms with van der Waals surface area (Å²) in [5.41, 5.74) is 23.7. The predicted molar refractivity (Wildman–Crippen MR) is 111 cm³/mol. The Morgan fingerprint density at radius 2 is 1.38 bits per heavy atom. The van der Waals surface area contributed by atoms with Gasteiger partial charge >= 0.3 is 32.7 Å². The summed E-state index contributed by atoms with van der Waals surface area (Å²) in [5, 5.41) is 9.85. The first-order valence-electron chi connectivity index (χ1n) is 6.93. The average Bonchev–Trinajstić information content (AvgIpc) is 2.59. The molecule has 0 aromatic rings. The molecule has 1 unspecified atom stereocenters. The van der Waals surface area contributed by atoms with Crippen LogP contribution in [0.1, 0.15) is 28.2 Å². The smallest absolute Gasteiger partial charge is 0.653 e. The molecule has 14 heteroatoms. The van der Waals surface area contributed by atoms with E-state index in [1.165, 1.54) is 6.47 Å². The van der Waals surface area contributed by atoms with Gasteiger partial charge in [0.2, 0.25) is 0 Å². The van der Waals surface area contributed by atoms with Gasteiger partial charge in [0.1, 0.15) is 0 Å². The maximum Gasteiger partial charge on any atom is 3.00 e. The van der Waals surface area contributed by atoms with Gasteiger partial charge in [0.15, 0.2) is 0 Å². The molecule has 0 rings (SSSR count). The first kappa shape index (κ1) is 45.9. The molecule has 0 heterocycles. The van der Waals surface area contributed by atoms with E-state index in [-0.39, 0.29) is 75.1 Å². The molecule has 0 aliphatic heterocycles. The average molecular weight is 493 g/mol. The van der Waals surface area contributed by atoms with Gasteiger partial charge in [0, 0.05) is 41.0 Å². The summed E-state index contributed by atoms with van der Waals surface area (Å²) in [4.78, 5) is 17.1. The molecule has 29 heavy (non-hydrogen) atoms. The molecule has 1 atom stereocenters. The third-order valence-electron chi connectivity index (χ3n) is 2.04. The van der Waals surface area contributed by atoms with Crippen LogP contribution in [0.15, 0.2) is 15.3 Å². The number of ether oxygens (including phenoxy) is 3. The Kier molecular flexibility index (Phi) is 71.7. The summed E-state index contributed by atoms with van der Waals surface area (Å²) < 4.78 is 14.6. The van der Waals surface area contributed by atoms with Gasteiger partial charge in [-0.2, -0.15) is 0 Å². The molecular formula is C15H34N9O4Y. The SMILES string of the molecule is C.C.CC(COCCN=[N+]=[N-])OCCN=[N+]=[N-].[CH3-].[CH3-].[N-]=[N+]=NCCCO[C-]=O.[Y+3]. The molecule has 166 valence electrons. The van der Waals surface area contributed by atoms with Crippen LogP contribution in [0.4, 0.5) is 0 Å². The van der Waals surface area contributed by atoms with Crippen molar-refractivity contribution in [2.75, 3.05) is 46.1 Å². The zero-order valence-electron chi connectivity index (χ0n) is 16.0. The molecule has 0 bridgehead atoms. The Morgan fingerprint density at radius 3 is 1.86 bits per heavy atom. The second-order valence-corrected chi connectivity index (χ2v) is 3.91. The van der Waals surface area contributed by atoms with E-state index in [4.69, 9.17) is 26.1 Å². The number of azide groups is 3. The fraction of sp³-hybridized carbons (Fsp3) is 0.800. The number of rotatable bonds is 14. The number of nitrogens with zero attached hydrogens (tertiary/aromatic N) is 9. The van der Waals surface area contributed by atoms with Gasteiger partial charge < -0.3 is 33.9 Å². The molecule has 0 saturated heterocycles. The molecule has 0 spiro atoms. The molecule has 0 aromatic carbocycles. The monoisotopic (exact) mass is 493 g/mol. The molecule has 13 nitrogen and oxygen atoms in total. The Morgan fingerprint density at radius 1 is 0.897 bits per heavy atom. The molecule has 0 aromatic heterocycles. The van der Waals surface area contributed by atoms with Crippen LogP contribution in [0.2, 0.25) is 0 Å². The molecule has 0 N–H and O–H groups in total. The Hall–Kier alpha value is -1.58. The third-order valence-corrected chi connectivity index (χ3v) is 2.04. The Labute approximate surface area is 199 Å². The van der Waals surface area contributed by atoms with E-state index >= 15 is 0 Å².